The van der Waals surface area contributed by atoms with Crippen LogP contribution in [0.1, 0.15) is 5.56 Å². The zero-order chi connectivity index (χ0) is 21.8. The van der Waals surface area contributed by atoms with Crippen molar-refractivity contribution >= 4 is 17.5 Å². The van der Waals surface area contributed by atoms with Crippen LogP contribution in [-0.2, 0) is 9.47 Å². The first-order valence-corrected chi connectivity index (χ1v) is 10.2. The Morgan fingerprint density at radius 3 is 2.71 bits per heavy atom. The van der Waals surface area contributed by atoms with Crippen LogP contribution in [0.4, 0.5) is 4.79 Å². The summed E-state index contributed by atoms with van der Waals surface area (Å²) in [6.45, 7) is 7.48. The lowest BCUT2D eigenvalue weighted by molar-refractivity contribution is -0.105. The highest BCUT2D eigenvalue weighted by atomic mass is 16.6. The molecule has 2 saturated heterocycles. The van der Waals surface area contributed by atoms with Crippen LogP contribution in [0.2, 0.25) is 0 Å². The van der Waals surface area contributed by atoms with Gasteiger partial charge in [0.25, 0.3) is 0 Å². The maximum atomic E-state index is 12.3. The average molecular weight is 425 g/mol. The minimum Gasteiger partial charge on any atom is -0.481 e. The number of allylic oxidation sites excluding steroid dienone is 2. The molecule has 9 heteroatoms. The van der Waals surface area contributed by atoms with E-state index in [1.807, 2.05) is 36.4 Å². The molecule has 0 bridgehead atoms. The number of rotatable bonds is 4. The summed E-state index contributed by atoms with van der Waals surface area (Å²) in [7, 11) is 3.54. The number of aliphatic imine (C=N–C) groups is 1. The topological polar surface area (TPSA) is 79.7 Å². The number of carbonyl (C=O) groups is 1. The van der Waals surface area contributed by atoms with Crippen LogP contribution in [0.5, 0.6) is 5.88 Å². The number of piperazine rings is 1. The quantitative estimate of drug-likeness (QED) is 0.730. The molecule has 0 aliphatic carbocycles. The van der Waals surface area contributed by atoms with Crippen molar-refractivity contribution in [3.63, 3.8) is 0 Å². The van der Waals surface area contributed by atoms with Crippen molar-refractivity contribution < 1.29 is 19.0 Å². The molecule has 9 nitrogen and oxygen atoms in total. The maximum absolute atomic E-state index is 12.3. The molecule has 0 atom stereocenters. The number of pyridine rings is 1. The molecule has 0 unspecified atom stereocenters. The van der Waals surface area contributed by atoms with Crippen LogP contribution in [0.25, 0.3) is 5.57 Å². The van der Waals surface area contributed by atoms with Gasteiger partial charge in [-0.3, -0.25) is 0 Å². The van der Waals surface area contributed by atoms with Crippen molar-refractivity contribution in [3.05, 3.63) is 54.6 Å². The van der Waals surface area contributed by atoms with Crippen LogP contribution in [0, 0.1) is 0 Å². The van der Waals surface area contributed by atoms with E-state index in [2.05, 4.69) is 16.5 Å². The monoisotopic (exact) mass is 425 g/mol. The lowest BCUT2D eigenvalue weighted by Gasteiger charge is -2.37. The standard InChI is InChI=1S/C22H27N5O4/c1-4-17(18-6-5-8-23-21(18)29-3)20-24-19(7-9-25(20)2)26-10-12-27(13-11-26)22(28)31-16-14-30-15-16/h4-9,16H,1,10-15H2,2-3H3/b20-17+. The predicted molar refractivity (Wildman–Crippen MR) is 116 cm³/mol. The molecule has 2 fully saturated rings. The Kier molecular flexibility index (Phi) is 6.22. The van der Waals surface area contributed by atoms with Gasteiger partial charge >= 0.3 is 6.09 Å². The van der Waals surface area contributed by atoms with Crippen molar-refractivity contribution in [3.8, 4) is 5.88 Å². The Morgan fingerprint density at radius 2 is 2.06 bits per heavy atom. The van der Waals surface area contributed by atoms with Gasteiger partial charge in [-0.15, -0.1) is 0 Å². The molecule has 164 valence electrons. The van der Waals surface area contributed by atoms with Crippen LogP contribution in [0.3, 0.4) is 0 Å². The highest BCUT2D eigenvalue weighted by Crippen LogP contribution is 2.30. The molecule has 1 aromatic rings. The molecule has 4 rings (SSSR count). The van der Waals surface area contributed by atoms with Gasteiger partial charge in [-0.1, -0.05) is 12.7 Å². The number of amidine groups is 1. The highest BCUT2D eigenvalue weighted by Gasteiger charge is 2.29. The lowest BCUT2D eigenvalue weighted by atomic mass is 10.1. The van der Waals surface area contributed by atoms with Crippen molar-refractivity contribution in [2.24, 2.45) is 4.99 Å². The van der Waals surface area contributed by atoms with Gasteiger partial charge in [0.1, 0.15) is 11.7 Å². The number of hydrogen-bond acceptors (Lipinski definition) is 8. The highest BCUT2D eigenvalue weighted by molar-refractivity contribution is 5.96. The molecule has 4 heterocycles. The summed E-state index contributed by atoms with van der Waals surface area (Å²) in [5.74, 6) is 2.12. The Labute approximate surface area is 181 Å². The van der Waals surface area contributed by atoms with E-state index in [1.165, 1.54) is 0 Å². The number of amides is 1. The first kappa shape index (κ1) is 20.9. The number of carbonyl (C=O) groups excluding carboxylic acids is 1. The molecule has 3 aliphatic rings. The first-order valence-electron chi connectivity index (χ1n) is 10.2. The fourth-order valence-corrected chi connectivity index (χ4v) is 3.60. The largest absolute Gasteiger partial charge is 0.481 e. The number of nitrogens with zero attached hydrogens (tertiary/aromatic N) is 5. The van der Waals surface area contributed by atoms with Crippen molar-refractivity contribution in [1.82, 2.24) is 19.7 Å². The maximum Gasteiger partial charge on any atom is 0.410 e. The molecule has 1 amide bonds. The van der Waals surface area contributed by atoms with Gasteiger partial charge in [0, 0.05) is 56.8 Å². The van der Waals surface area contributed by atoms with Crippen molar-refractivity contribution in [1.29, 1.82) is 0 Å². The summed E-state index contributed by atoms with van der Waals surface area (Å²) in [5, 5.41) is 0. The number of ether oxygens (including phenoxy) is 3. The Bertz CT molecular complexity index is 930. The molecule has 0 radical (unpaired) electrons. The Morgan fingerprint density at radius 1 is 1.29 bits per heavy atom. The van der Waals surface area contributed by atoms with Gasteiger partial charge in [-0.25, -0.2) is 14.8 Å². The van der Waals surface area contributed by atoms with Crippen LogP contribution >= 0.6 is 0 Å². The minimum atomic E-state index is -0.271. The second-order valence-corrected chi connectivity index (χ2v) is 7.42. The smallest absolute Gasteiger partial charge is 0.410 e. The van der Waals surface area contributed by atoms with E-state index in [1.54, 1.807) is 24.3 Å². The third kappa shape index (κ3) is 4.41. The number of methoxy groups -OCH3 is 1. The summed E-state index contributed by atoms with van der Waals surface area (Å²) in [4.78, 5) is 27.3. The van der Waals surface area contributed by atoms with E-state index in [4.69, 9.17) is 19.2 Å². The molecule has 0 aromatic carbocycles. The molecule has 0 spiro atoms. The van der Waals surface area contributed by atoms with E-state index in [-0.39, 0.29) is 12.2 Å². The van der Waals surface area contributed by atoms with Crippen LogP contribution < -0.4 is 4.74 Å². The van der Waals surface area contributed by atoms with Crippen molar-refractivity contribution in [2.75, 3.05) is 53.6 Å². The fourth-order valence-electron chi connectivity index (χ4n) is 3.60. The molecule has 0 saturated carbocycles. The van der Waals surface area contributed by atoms with E-state index >= 15 is 0 Å². The molecule has 0 N–H and O–H groups in total. The Balaban J connectivity index is 1.51. The second kappa shape index (κ2) is 9.22. The Hall–Kier alpha value is -3.33. The molecule has 1 aromatic heterocycles. The van der Waals surface area contributed by atoms with Gasteiger partial charge in [-0.2, -0.15) is 0 Å². The SMILES string of the molecule is C=C/C(=C1/N=C(N2CCN(C(=O)OC3COC3)CC2)C=CN1C)c1cccnc1OC. The van der Waals surface area contributed by atoms with E-state index in [9.17, 15) is 4.79 Å². The van der Waals surface area contributed by atoms with Gasteiger partial charge < -0.3 is 28.9 Å². The van der Waals surface area contributed by atoms with Gasteiger partial charge in [0.05, 0.1) is 20.3 Å². The number of aromatic nitrogens is 1. The number of hydrogen-bond donors (Lipinski definition) is 0. The summed E-state index contributed by atoms with van der Waals surface area (Å²) in [6.07, 6.45) is 7.03. The fraction of sp³-hybridized carbons (Fsp3) is 0.409. The molecule has 3 aliphatic heterocycles. The zero-order valence-corrected chi connectivity index (χ0v) is 17.9. The zero-order valence-electron chi connectivity index (χ0n) is 17.9. The molecular formula is C22H27N5O4. The average Bonchev–Trinajstić information content (AvgIpc) is 2.78. The second-order valence-electron chi connectivity index (χ2n) is 7.42. The van der Waals surface area contributed by atoms with Crippen LogP contribution in [0.15, 0.2) is 54.1 Å². The van der Waals surface area contributed by atoms with Gasteiger partial charge in [0.2, 0.25) is 5.88 Å². The lowest BCUT2D eigenvalue weighted by Crippen LogP contribution is -2.52. The van der Waals surface area contributed by atoms with E-state index < -0.39 is 0 Å². The third-order valence-corrected chi connectivity index (χ3v) is 5.44. The van der Waals surface area contributed by atoms with E-state index in [0.717, 1.165) is 22.8 Å². The summed E-state index contributed by atoms with van der Waals surface area (Å²) in [5.41, 5.74) is 1.66. The normalized spacial score (nSPS) is 20.7. The van der Waals surface area contributed by atoms with Crippen LogP contribution in [-0.4, -0.2) is 91.3 Å². The predicted octanol–water partition coefficient (Wildman–Crippen LogP) is 1.96. The first-order chi connectivity index (χ1) is 15.1. The van der Waals surface area contributed by atoms with Gasteiger partial charge in [-0.05, 0) is 18.2 Å². The summed E-state index contributed by atoms with van der Waals surface area (Å²) >= 11 is 0. The minimum absolute atomic E-state index is 0.110. The summed E-state index contributed by atoms with van der Waals surface area (Å²) in [6, 6.07) is 3.80. The van der Waals surface area contributed by atoms with Crippen molar-refractivity contribution in [2.45, 2.75) is 6.10 Å². The van der Waals surface area contributed by atoms with Gasteiger partial charge in [0.15, 0.2) is 6.10 Å². The molecule has 31 heavy (non-hydrogen) atoms. The van der Waals surface area contributed by atoms with E-state index in [0.29, 0.717) is 45.3 Å². The third-order valence-electron chi connectivity index (χ3n) is 5.44. The molecular weight excluding hydrogens is 398 g/mol. The summed E-state index contributed by atoms with van der Waals surface area (Å²) < 4.78 is 15.9.